The molecule has 3 nitrogen and oxygen atoms in total. The lowest BCUT2D eigenvalue weighted by molar-refractivity contribution is 0.111. The molecule has 1 aliphatic rings. The van der Waals surface area contributed by atoms with Crippen molar-refractivity contribution >= 4 is 0 Å². The van der Waals surface area contributed by atoms with Crippen molar-refractivity contribution in [3.8, 4) is 11.3 Å². The summed E-state index contributed by atoms with van der Waals surface area (Å²) < 4.78 is 10.6. The minimum absolute atomic E-state index is 0.706. The summed E-state index contributed by atoms with van der Waals surface area (Å²) in [5.41, 5.74) is 3.74. The van der Waals surface area contributed by atoms with Crippen molar-refractivity contribution in [2.45, 2.75) is 13.0 Å². The van der Waals surface area contributed by atoms with E-state index in [1.54, 1.807) is 6.20 Å². The molecule has 0 unspecified atom stereocenters. The predicted molar refractivity (Wildman–Crippen MR) is 55.3 cm³/mol. The molecule has 3 rings (SSSR count). The van der Waals surface area contributed by atoms with E-state index in [9.17, 15) is 0 Å². The van der Waals surface area contributed by atoms with Crippen LogP contribution in [0, 0.1) is 0 Å². The van der Waals surface area contributed by atoms with Gasteiger partial charge in [0.1, 0.15) is 0 Å². The molecule has 0 saturated heterocycles. The highest BCUT2D eigenvalue weighted by molar-refractivity contribution is 5.63. The average molecular weight is 201 g/mol. The summed E-state index contributed by atoms with van der Waals surface area (Å²) in [5, 5.41) is 3.74. The number of ether oxygens (including phenoxy) is 1. The molecule has 0 radical (unpaired) electrons. The Morgan fingerprint density at radius 2 is 2.20 bits per heavy atom. The Hall–Kier alpha value is -1.61. The minimum Gasteiger partial charge on any atom is -0.376 e. The van der Waals surface area contributed by atoms with Crippen molar-refractivity contribution in [3.63, 3.8) is 0 Å². The highest BCUT2D eigenvalue weighted by atomic mass is 16.5. The van der Waals surface area contributed by atoms with Gasteiger partial charge in [-0.25, -0.2) is 0 Å². The molecule has 1 aliphatic heterocycles. The van der Waals surface area contributed by atoms with E-state index < -0.39 is 0 Å². The maximum absolute atomic E-state index is 5.42. The largest absolute Gasteiger partial charge is 0.376 e. The summed E-state index contributed by atoms with van der Waals surface area (Å²) in [6.45, 7) is 1.50. The van der Waals surface area contributed by atoms with E-state index in [4.69, 9.17) is 9.26 Å². The van der Waals surface area contributed by atoms with E-state index in [2.05, 4.69) is 17.3 Å². The number of fused-ring (bicyclic) bond motifs is 1. The summed E-state index contributed by atoms with van der Waals surface area (Å²) in [4.78, 5) is 0. The van der Waals surface area contributed by atoms with Crippen LogP contribution in [0.1, 0.15) is 11.1 Å². The number of hydrogen-bond acceptors (Lipinski definition) is 3. The van der Waals surface area contributed by atoms with Crippen molar-refractivity contribution in [3.05, 3.63) is 41.6 Å². The standard InChI is InChI=1S/C12H11NO2/c1-2-9-8-14-7-5-10(9)11(3-1)12-4-6-13-15-12/h1-4,6H,5,7-8H2. The van der Waals surface area contributed by atoms with Crippen LogP contribution in [-0.4, -0.2) is 11.8 Å². The third-order valence-corrected chi connectivity index (χ3v) is 2.73. The molecule has 2 heterocycles. The molecule has 1 aromatic heterocycles. The second kappa shape index (κ2) is 3.51. The van der Waals surface area contributed by atoms with Crippen molar-refractivity contribution < 1.29 is 9.26 Å². The number of benzene rings is 1. The lowest BCUT2D eigenvalue weighted by Gasteiger charge is -2.18. The Kier molecular flexibility index (Phi) is 2.03. The predicted octanol–water partition coefficient (Wildman–Crippen LogP) is 2.41. The molecular formula is C12H11NO2. The molecule has 0 amide bonds. The highest BCUT2D eigenvalue weighted by Crippen LogP contribution is 2.28. The van der Waals surface area contributed by atoms with Crippen LogP contribution < -0.4 is 0 Å². The molecule has 3 heteroatoms. The molecule has 0 saturated carbocycles. The van der Waals surface area contributed by atoms with Gasteiger partial charge >= 0.3 is 0 Å². The topological polar surface area (TPSA) is 35.3 Å². The van der Waals surface area contributed by atoms with Crippen molar-refractivity contribution in [1.29, 1.82) is 0 Å². The van der Waals surface area contributed by atoms with E-state index in [1.807, 2.05) is 12.1 Å². The Morgan fingerprint density at radius 3 is 3.07 bits per heavy atom. The van der Waals surface area contributed by atoms with Crippen LogP contribution in [0.15, 0.2) is 35.0 Å². The van der Waals surface area contributed by atoms with E-state index >= 15 is 0 Å². The first-order valence-electron chi connectivity index (χ1n) is 5.05. The fraction of sp³-hybridized carbons (Fsp3) is 0.250. The van der Waals surface area contributed by atoms with E-state index in [-0.39, 0.29) is 0 Å². The van der Waals surface area contributed by atoms with Gasteiger partial charge in [-0.05, 0) is 17.5 Å². The van der Waals surface area contributed by atoms with Gasteiger partial charge in [0.2, 0.25) is 0 Å². The van der Waals surface area contributed by atoms with Crippen molar-refractivity contribution in [2.75, 3.05) is 6.61 Å². The van der Waals surface area contributed by atoms with Gasteiger partial charge in [0.05, 0.1) is 19.4 Å². The van der Waals surface area contributed by atoms with E-state index in [0.29, 0.717) is 6.61 Å². The maximum atomic E-state index is 5.42. The summed E-state index contributed by atoms with van der Waals surface area (Å²) in [6.07, 6.45) is 2.63. The molecular weight excluding hydrogens is 190 g/mol. The first-order valence-corrected chi connectivity index (χ1v) is 5.05. The third kappa shape index (κ3) is 1.45. The smallest absolute Gasteiger partial charge is 0.167 e. The molecule has 2 aromatic rings. The Labute approximate surface area is 87.7 Å². The monoisotopic (exact) mass is 201 g/mol. The Morgan fingerprint density at radius 1 is 1.20 bits per heavy atom. The number of hydrogen-bond donors (Lipinski definition) is 0. The van der Waals surface area contributed by atoms with Gasteiger partial charge < -0.3 is 9.26 Å². The molecule has 76 valence electrons. The van der Waals surface area contributed by atoms with Crippen LogP contribution in [0.4, 0.5) is 0 Å². The molecule has 0 spiro atoms. The number of aromatic nitrogens is 1. The summed E-state index contributed by atoms with van der Waals surface area (Å²) in [7, 11) is 0. The summed E-state index contributed by atoms with van der Waals surface area (Å²) in [6, 6.07) is 8.11. The van der Waals surface area contributed by atoms with E-state index in [0.717, 1.165) is 24.4 Å². The fourth-order valence-electron chi connectivity index (χ4n) is 2.01. The molecule has 1 aromatic carbocycles. The Bertz CT molecular complexity index is 462. The van der Waals surface area contributed by atoms with Crippen LogP contribution in [-0.2, 0) is 17.8 Å². The van der Waals surface area contributed by atoms with Crippen LogP contribution in [0.2, 0.25) is 0 Å². The van der Waals surface area contributed by atoms with E-state index in [1.165, 1.54) is 11.1 Å². The minimum atomic E-state index is 0.706. The molecule has 0 atom stereocenters. The quantitative estimate of drug-likeness (QED) is 0.710. The zero-order valence-electron chi connectivity index (χ0n) is 8.27. The zero-order chi connectivity index (χ0) is 10.1. The van der Waals surface area contributed by atoms with Crippen molar-refractivity contribution in [1.82, 2.24) is 5.16 Å². The normalized spacial score (nSPS) is 14.9. The average Bonchev–Trinajstić information content (AvgIpc) is 2.82. The number of rotatable bonds is 1. The highest BCUT2D eigenvalue weighted by Gasteiger charge is 2.15. The summed E-state index contributed by atoms with van der Waals surface area (Å²) >= 11 is 0. The maximum Gasteiger partial charge on any atom is 0.167 e. The van der Waals surface area contributed by atoms with Crippen LogP contribution in [0.25, 0.3) is 11.3 Å². The molecule has 15 heavy (non-hydrogen) atoms. The fourth-order valence-corrected chi connectivity index (χ4v) is 2.01. The summed E-state index contributed by atoms with van der Waals surface area (Å²) in [5.74, 6) is 0.841. The first kappa shape index (κ1) is 8.68. The van der Waals surface area contributed by atoms with Gasteiger partial charge in [0.15, 0.2) is 5.76 Å². The SMILES string of the molecule is c1cc2c(c(-c3ccno3)c1)CCOC2. The molecule has 0 fully saturated rings. The van der Waals surface area contributed by atoms with Gasteiger partial charge in [-0.1, -0.05) is 23.4 Å². The third-order valence-electron chi connectivity index (χ3n) is 2.73. The molecule has 0 aliphatic carbocycles. The lowest BCUT2D eigenvalue weighted by atomic mass is 9.96. The second-order valence-electron chi connectivity index (χ2n) is 3.62. The first-order chi connectivity index (χ1) is 7.45. The Balaban J connectivity index is 2.15. The zero-order valence-corrected chi connectivity index (χ0v) is 8.27. The lowest BCUT2D eigenvalue weighted by Crippen LogP contribution is -2.10. The number of nitrogens with zero attached hydrogens (tertiary/aromatic N) is 1. The van der Waals surface area contributed by atoms with Crippen LogP contribution in [0.5, 0.6) is 0 Å². The van der Waals surface area contributed by atoms with Gasteiger partial charge in [0, 0.05) is 11.6 Å². The van der Waals surface area contributed by atoms with Gasteiger partial charge in [-0.2, -0.15) is 0 Å². The van der Waals surface area contributed by atoms with Crippen molar-refractivity contribution in [2.24, 2.45) is 0 Å². The van der Waals surface area contributed by atoms with Crippen LogP contribution >= 0.6 is 0 Å². The second-order valence-corrected chi connectivity index (χ2v) is 3.62. The van der Waals surface area contributed by atoms with Gasteiger partial charge in [0.25, 0.3) is 0 Å². The molecule has 0 bridgehead atoms. The van der Waals surface area contributed by atoms with Crippen LogP contribution in [0.3, 0.4) is 0 Å². The van der Waals surface area contributed by atoms with Gasteiger partial charge in [-0.3, -0.25) is 0 Å². The van der Waals surface area contributed by atoms with Gasteiger partial charge in [-0.15, -0.1) is 0 Å². The molecule has 0 N–H and O–H groups in total.